The average molecular weight is 394 g/mol. The van der Waals surface area contributed by atoms with Crippen LogP contribution in [0.3, 0.4) is 0 Å². The normalized spacial score (nSPS) is 10.6. The zero-order valence-electron chi connectivity index (χ0n) is 14.9. The smallest absolute Gasteiger partial charge is 0.259 e. The van der Waals surface area contributed by atoms with Crippen LogP contribution in [-0.2, 0) is 0 Å². The number of rotatable bonds is 5. The number of amides is 1. The van der Waals surface area contributed by atoms with Crippen LogP contribution >= 0.6 is 11.6 Å². The predicted octanol–water partition coefficient (Wildman–Crippen LogP) is 3.97. The van der Waals surface area contributed by atoms with Crippen LogP contribution in [0.25, 0.3) is 11.5 Å². The molecule has 3 heterocycles. The first-order chi connectivity index (χ1) is 13.7. The van der Waals surface area contributed by atoms with Crippen molar-refractivity contribution in [2.45, 2.75) is 0 Å². The molecule has 4 rings (SSSR count). The number of hydrogen-bond acceptors (Lipinski definition) is 4. The molecule has 0 aliphatic carbocycles. The van der Waals surface area contributed by atoms with Crippen molar-refractivity contribution in [3.8, 4) is 17.3 Å². The third kappa shape index (κ3) is 3.35. The molecule has 1 N–H and O–H groups in total. The number of halogens is 1. The monoisotopic (exact) mass is 393 g/mol. The lowest BCUT2D eigenvalue weighted by Crippen LogP contribution is -2.16. The van der Waals surface area contributed by atoms with Gasteiger partial charge in [0.2, 0.25) is 0 Å². The van der Waals surface area contributed by atoms with E-state index in [2.05, 4.69) is 15.4 Å². The summed E-state index contributed by atoms with van der Waals surface area (Å²) in [5, 5.41) is 7.46. The number of nitrogens with one attached hydrogen (secondary N) is 1. The molecule has 28 heavy (non-hydrogen) atoms. The quantitative estimate of drug-likeness (QED) is 0.556. The van der Waals surface area contributed by atoms with Gasteiger partial charge in [0.15, 0.2) is 5.82 Å². The predicted molar refractivity (Wildman–Crippen MR) is 107 cm³/mol. The number of pyridine rings is 1. The Balaban J connectivity index is 1.69. The Morgan fingerprint density at radius 3 is 2.64 bits per heavy atom. The molecule has 0 unspecified atom stereocenters. The van der Waals surface area contributed by atoms with Crippen LogP contribution < -0.4 is 10.1 Å². The van der Waals surface area contributed by atoms with Crippen LogP contribution in [0.2, 0.25) is 5.02 Å². The lowest BCUT2D eigenvalue weighted by Gasteiger charge is -2.14. The van der Waals surface area contributed by atoms with Gasteiger partial charge in [-0.1, -0.05) is 11.6 Å². The highest BCUT2D eigenvalue weighted by Gasteiger charge is 2.18. The fraction of sp³-hybridized carbons (Fsp3) is 0.0500. The van der Waals surface area contributed by atoms with Crippen molar-refractivity contribution in [3.63, 3.8) is 0 Å². The van der Waals surface area contributed by atoms with Crippen LogP contribution in [0, 0.1) is 0 Å². The summed E-state index contributed by atoms with van der Waals surface area (Å²) in [7, 11) is 1.51. The highest BCUT2D eigenvalue weighted by atomic mass is 35.5. The minimum atomic E-state index is -0.362. The molecule has 0 bridgehead atoms. The molecule has 1 amide bonds. The van der Waals surface area contributed by atoms with E-state index in [9.17, 15) is 4.79 Å². The van der Waals surface area contributed by atoms with Crippen LogP contribution in [-0.4, -0.2) is 32.3 Å². The summed E-state index contributed by atoms with van der Waals surface area (Å²) in [5.41, 5.74) is 1.56. The molecule has 0 saturated heterocycles. The standard InChI is InChI=1S/C20H16ClN5O2/c1-28-18-13-17(25-9-2-3-10-25)15(21)12-14(18)20(27)24-16-6-4-7-22-19(16)26-11-5-8-23-26/h2-13H,1H3,(H,24,27). The summed E-state index contributed by atoms with van der Waals surface area (Å²) in [4.78, 5) is 17.3. The summed E-state index contributed by atoms with van der Waals surface area (Å²) in [6, 6.07) is 12.4. The van der Waals surface area contributed by atoms with Crippen LogP contribution in [0.1, 0.15) is 10.4 Å². The van der Waals surface area contributed by atoms with Gasteiger partial charge in [-0.3, -0.25) is 4.79 Å². The minimum absolute atomic E-state index is 0.318. The fourth-order valence-corrected chi connectivity index (χ4v) is 3.10. The molecule has 0 radical (unpaired) electrons. The van der Waals surface area contributed by atoms with E-state index in [4.69, 9.17) is 16.3 Å². The number of methoxy groups -OCH3 is 1. The van der Waals surface area contributed by atoms with Crippen LogP contribution in [0.15, 0.2) is 73.4 Å². The summed E-state index contributed by atoms with van der Waals surface area (Å²) in [6.07, 6.45) is 8.76. The first-order valence-electron chi connectivity index (χ1n) is 8.44. The number of anilines is 1. The highest BCUT2D eigenvalue weighted by Crippen LogP contribution is 2.31. The molecule has 140 valence electrons. The molecular weight excluding hydrogens is 378 g/mol. The number of carbonyl (C=O) groups excluding carboxylic acids is 1. The van der Waals surface area contributed by atoms with Crippen molar-refractivity contribution < 1.29 is 9.53 Å². The molecule has 0 aliphatic rings. The molecule has 8 heteroatoms. The molecule has 7 nitrogen and oxygen atoms in total. The Morgan fingerprint density at radius 2 is 1.93 bits per heavy atom. The van der Waals surface area contributed by atoms with Gasteiger partial charge in [0.05, 0.1) is 29.1 Å². The van der Waals surface area contributed by atoms with E-state index in [0.717, 1.165) is 5.69 Å². The zero-order valence-corrected chi connectivity index (χ0v) is 15.7. The number of carbonyl (C=O) groups is 1. The van der Waals surface area contributed by atoms with Gasteiger partial charge < -0.3 is 14.6 Å². The maximum Gasteiger partial charge on any atom is 0.259 e. The van der Waals surface area contributed by atoms with Gasteiger partial charge in [-0.25, -0.2) is 9.67 Å². The SMILES string of the molecule is COc1cc(-n2cccc2)c(Cl)cc1C(=O)Nc1cccnc1-n1cccn1. The van der Waals surface area contributed by atoms with E-state index in [1.807, 2.05) is 29.1 Å². The summed E-state index contributed by atoms with van der Waals surface area (Å²) in [6.45, 7) is 0. The van der Waals surface area contributed by atoms with Gasteiger partial charge in [-0.15, -0.1) is 0 Å². The number of aromatic nitrogens is 4. The van der Waals surface area contributed by atoms with Gasteiger partial charge in [0.25, 0.3) is 5.91 Å². The maximum absolute atomic E-state index is 13.0. The van der Waals surface area contributed by atoms with Crippen molar-refractivity contribution in [2.75, 3.05) is 12.4 Å². The number of hydrogen-bond donors (Lipinski definition) is 1. The van der Waals surface area contributed by atoms with Crippen molar-refractivity contribution in [1.29, 1.82) is 0 Å². The number of ether oxygens (including phenoxy) is 1. The first-order valence-corrected chi connectivity index (χ1v) is 8.82. The van der Waals surface area contributed by atoms with Crippen molar-refractivity contribution >= 4 is 23.2 Å². The van der Waals surface area contributed by atoms with Crippen molar-refractivity contribution in [1.82, 2.24) is 19.3 Å². The average Bonchev–Trinajstić information content (AvgIpc) is 3.42. The summed E-state index contributed by atoms with van der Waals surface area (Å²) < 4.78 is 8.86. The van der Waals surface area contributed by atoms with E-state index < -0.39 is 0 Å². The summed E-state index contributed by atoms with van der Waals surface area (Å²) in [5.74, 6) is 0.559. The van der Waals surface area contributed by atoms with E-state index in [0.29, 0.717) is 27.8 Å². The van der Waals surface area contributed by atoms with Gasteiger partial charge in [0.1, 0.15) is 5.75 Å². The van der Waals surface area contributed by atoms with E-state index in [1.54, 1.807) is 53.6 Å². The molecule has 0 spiro atoms. The Kier molecular flexibility index (Phi) is 4.82. The van der Waals surface area contributed by atoms with Gasteiger partial charge >= 0.3 is 0 Å². The van der Waals surface area contributed by atoms with Crippen molar-refractivity contribution in [3.05, 3.63) is 84.0 Å². The Hall–Kier alpha value is -3.58. The topological polar surface area (TPSA) is 74.0 Å². The lowest BCUT2D eigenvalue weighted by molar-refractivity contribution is 0.102. The highest BCUT2D eigenvalue weighted by molar-refractivity contribution is 6.33. The van der Waals surface area contributed by atoms with Crippen molar-refractivity contribution in [2.24, 2.45) is 0 Å². The molecule has 1 aromatic carbocycles. The minimum Gasteiger partial charge on any atom is -0.496 e. The summed E-state index contributed by atoms with van der Waals surface area (Å²) >= 11 is 6.43. The van der Waals surface area contributed by atoms with Gasteiger partial charge in [-0.05, 0) is 36.4 Å². The second kappa shape index (κ2) is 7.58. The van der Waals surface area contributed by atoms with E-state index >= 15 is 0 Å². The Morgan fingerprint density at radius 1 is 1.11 bits per heavy atom. The van der Waals surface area contributed by atoms with Crippen LogP contribution in [0.5, 0.6) is 5.75 Å². The molecule has 0 aliphatic heterocycles. The van der Waals surface area contributed by atoms with Crippen LogP contribution in [0.4, 0.5) is 5.69 Å². The second-order valence-corrected chi connectivity index (χ2v) is 6.28. The largest absolute Gasteiger partial charge is 0.496 e. The lowest BCUT2D eigenvalue weighted by atomic mass is 10.1. The maximum atomic E-state index is 13.0. The number of benzene rings is 1. The number of nitrogens with zero attached hydrogens (tertiary/aromatic N) is 4. The zero-order chi connectivity index (χ0) is 19.5. The van der Waals surface area contributed by atoms with E-state index in [-0.39, 0.29) is 5.91 Å². The third-order valence-electron chi connectivity index (χ3n) is 4.15. The second-order valence-electron chi connectivity index (χ2n) is 5.87. The Bertz CT molecular complexity index is 1110. The fourth-order valence-electron chi connectivity index (χ4n) is 2.84. The Labute approximate surface area is 166 Å². The molecule has 0 fully saturated rings. The van der Waals surface area contributed by atoms with E-state index in [1.165, 1.54) is 7.11 Å². The molecule has 4 aromatic rings. The van der Waals surface area contributed by atoms with Gasteiger partial charge in [0, 0.05) is 37.1 Å². The molecule has 0 atom stereocenters. The molecular formula is C20H16ClN5O2. The third-order valence-corrected chi connectivity index (χ3v) is 4.46. The molecule has 0 saturated carbocycles. The molecule has 3 aromatic heterocycles. The van der Waals surface area contributed by atoms with Gasteiger partial charge in [-0.2, -0.15) is 5.10 Å². The first kappa shape index (κ1) is 17.8.